The van der Waals surface area contributed by atoms with E-state index >= 15 is 0 Å². The van der Waals surface area contributed by atoms with E-state index in [1.807, 2.05) is 6.92 Å². The maximum atomic E-state index is 12.0. The molecule has 1 amide bonds. The predicted molar refractivity (Wildman–Crippen MR) is 95.8 cm³/mol. The summed E-state index contributed by atoms with van der Waals surface area (Å²) in [4.78, 5) is 28.3. The summed E-state index contributed by atoms with van der Waals surface area (Å²) in [5.41, 5.74) is 1.85. The molecule has 1 aliphatic carbocycles. The van der Waals surface area contributed by atoms with E-state index in [0.717, 1.165) is 12.8 Å². The first-order valence-electron chi connectivity index (χ1n) is 8.70. The van der Waals surface area contributed by atoms with E-state index in [0.29, 0.717) is 12.8 Å². The Hall–Kier alpha value is -1.67. The number of nitrogens with one attached hydrogen (secondary N) is 2. The van der Waals surface area contributed by atoms with E-state index < -0.39 is 5.60 Å². The maximum absolute atomic E-state index is 12.0. The van der Waals surface area contributed by atoms with Gasteiger partial charge in [0, 0.05) is 20.0 Å². The summed E-state index contributed by atoms with van der Waals surface area (Å²) in [5, 5.41) is 3.04. The van der Waals surface area contributed by atoms with Crippen LogP contribution in [0.5, 0.6) is 0 Å². The number of nitrogens with two attached hydrogens (primary N) is 1. The third-order valence-electron chi connectivity index (χ3n) is 5.11. The quantitative estimate of drug-likeness (QED) is 0.185. The molecule has 1 aliphatic rings. The van der Waals surface area contributed by atoms with Gasteiger partial charge in [0.1, 0.15) is 0 Å². The molecule has 0 aromatic rings. The fourth-order valence-corrected chi connectivity index (χ4v) is 3.89. The van der Waals surface area contributed by atoms with Crippen molar-refractivity contribution in [2.45, 2.75) is 64.1 Å². The van der Waals surface area contributed by atoms with Gasteiger partial charge in [-0.1, -0.05) is 13.3 Å². The van der Waals surface area contributed by atoms with Crippen LogP contribution in [0.15, 0.2) is 4.99 Å². The zero-order chi connectivity index (χ0) is 19.0. The summed E-state index contributed by atoms with van der Waals surface area (Å²) in [7, 11) is 3.04. The van der Waals surface area contributed by atoms with Crippen LogP contribution >= 0.6 is 0 Å². The Morgan fingerprint density at radius 3 is 2.56 bits per heavy atom. The average molecular weight is 356 g/mol. The lowest BCUT2D eigenvalue weighted by molar-refractivity contribution is -0.145. The second kappa shape index (κ2) is 9.72. The van der Waals surface area contributed by atoms with Gasteiger partial charge in [0.2, 0.25) is 5.91 Å². The number of aliphatic imine (C=N–C) groups is 1. The van der Waals surface area contributed by atoms with Gasteiger partial charge in [-0.3, -0.25) is 14.6 Å². The smallest absolute Gasteiger partial charge is 0.308 e. The Morgan fingerprint density at radius 2 is 2.08 bits per heavy atom. The van der Waals surface area contributed by atoms with Crippen LogP contribution < -0.4 is 16.6 Å². The number of ether oxygens (including phenoxy) is 2. The Labute approximate surface area is 149 Å². The molecule has 4 N–H and O–H groups in total. The van der Waals surface area contributed by atoms with Gasteiger partial charge in [-0.2, -0.15) is 0 Å². The number of hydrogen-bond donors (Lipinski definition) is 3. The molecular formula is C17H32N4O4. The second-order valence-electron chi connectivity index (χ2n) is 6.81. The summed E-state index contributed by atoms with van der Waals surface area (Å²) in [6.07, 6.45) is 4.24. The lowest BCUT2D eigenvalue weighted by atomic mass is 9.79. The lowest BCUT2D eigenvalue weighted by Crippen LogP contribution is -2.57. The van der Waals surface area contributed by atoms with E-state index in [1.165, 1.54) is 20.4 Å². The van der Waals surface area contributed by atoms with Gasteiger partial charge >= 0.3 is 5.97 Å². The third kappa shape index (κ3) is 5.40. The molecule has 8 nitrogen and oxygen atoms in total. The molecule has 5 atom stereocenters. The van der Waals surface area contributed by atoms with Gasteiger partial charge in [0.05, 0.1) is 37.1 Å². The number of hydrazine groups is 1. The van der Waals surface area contributed by atoms with Crippen LogP contribution in [0.2, 0.25) is 0 Å². The van der Waals surface area contributed by atoms with Crippen molar-refractivity contribution in [2.24, 2.45) is 22.7 Å². The standard InChI is InChI=1S/C17H32N4O4/c1-6-7-17(3,25-5)15(21-11(2)22)13-8-12(16(23)24-4)9-14(13)19-10-20-18/h10,12-15H,6-9,18H2,1-5H3,(H,19,20)(H,21,22)/t12-,13-,14-,15-,17+/m1/s1. The van der Waals surface area contributed by atoms with E-state index in [9.17, 15) is 9.59 Å². The van der Waals surface area contributed by atoms with Gasteiger partial charge < -0.3 is 20.2 Å². The number of esters is 1. The maximum Gasteiger partial charge on any atom is 0.308 e. The minimum Gasteiger partial charge on any atom is -0.469 e. The monoisotopic (exact) mass is 356 g/mol. The van der Waals surface area contributed by atoms with E-state index in [1.54, 1.807) is 7.11 Å². The van der Waals surface area contributed by atoms with E-state index in [2.05, 4.69) is 22.7 Å². The van der Waals surface area contributed by atoms with Crippen molar-refractivity contribution in [3.63, 3.8) is 0 Å². The molecular weight excluding hydrogens is 324 g/mol. The van der Waals surface area contributed by atoms with Crippen molar-refractivity contribution < 1.29 is 19.1 Å². The minimum absolute atomic E-state index is 0.0610. The van der Waals surface area contributed by atoms with Gasteiger partial charge in [-0.15, -0.1) is 0 Å². The van der Waals surface area contributed by atoms with Crippen LogP contribution in [0.1, 0.15) is 46.5 Å². The summed E-state index contributed by atoms with van der Waals surface area (Å²) >= 11 is 0. The van der Waals surface area contributed by atoms with Crippen LogP contribution in [-0.2, 0) is 19.1 Å². The molecule has 0 unspecified atom stereocenters. The van der Waals surface area contributed by atoms with Crippen LogP contribution in [0, 0.1) is 11.8 Å². The summed E-state index contributed by atoms with van der Waals surface area (Å²) < 4.78 is 10.7. The SMILES string of the molecule is CCC[C@](C)(OC)[C@H](NC(C)=O)[C@@H]1C[C@@H](C(=O)OC)C[C@H]1N=CNN. The number of carbonyl (C=O) groups excluding carboxylic acids is 2. The molecule has 8 heteroatoms. The van der Waals surface area contributed by atoms with Crippen molar-refractivity contribution in [2.75, 3.05) is 14.2 Å². The van der Waals surface area contributed by atoms with E-state index in [-0.39, 0.29) is 35.8 Å². The van der Waals surface area contributed by atoms with Gasteiger partial charge in [0.15, 0.2) is 0 Å². The molecule has 0 radical (unpaired) electrons. The first-order valence-corrected chi connectivity index (χ1v) is 8.70. The number of rotatable bonds is 9. The molecule has 0 spiro atoms. The second-order valence-corrected chi connectivity index (χ2v) is 6.81. The molecule has 144 valence electrons. The van der Waals surface area contributed by atoms with Crippen molar-refractivity contribution in [3.8, 4) is 0 Å². The first kappa shape index (κ1) is 21.4. The lowest BCUT2D eigenvalue weighted by Gasteiger charge is -2.41. The summed E-state index contributed by atoms with van der Waals surface area (Å²) in [5.74, 6) is 4.60. The Bertz CT molecular complexity index is 485. The number of methoxy groups -OCH3 is 2. The highest BCUT2D eigenvalue weighted by Gasteiger charge is 2.48. The van der Waals surface area contributed by atoms with Crippen LogP contribution in [0.4, 0.5) is 0 Å². The molecule has 0 bridgehead atoms. The van der Waals surface area contributed by atoms with Gasteiger partial charge in [-0.25, -0.2) is 5.84 Å². The molecule has 25 heavy (non-hydrogen) atoms. The third-order valence-corrected chi connectivity index (χ3v) is 5.11. The highest BCUT2D eigenvalue weighted by Crippen LogP contribution is 2.41. The minimum atomic E-state index is -0.556. The molecule has 0 aromatic carbocycles. The largest absolute Gasteiger partial charge is 0.469 e. The van der Waals surface area contributed by atoms with E-state index in [4.69, 9.17) is 15.3 Å². The highest BCUT2D eigenvalue weighted by molar-refractivity contribution is 5.74. The normalized spacial score (nSPS) is 26.9. The Morgan fingerprint density at radius 1 is 1.40 bits per heavy atom. The fourth-order valence-electron chi connectivity index (χ4n) is 3.89. The molecule has 1 fully saturated rings. The summed E-state index contributed by atoms with van der Waals surface area (Å²) in [6.45, 7) is 5.55. The number of carbonyl (C=O) groups is 2. The molecule has 0 heterocycles. The molecule has 0 saturated heterocycles. The van der Waals surface area contributed by atoms with Gasteiger partial charge in [-0.05, 0) is 26.2 Å². The summed E-state index contributed by atoms with van der Waals surface area (Å²) in [6, 6.07) is -0.437. The zero-order valence-corrected chi connectivity index (χ0v) is 15.9. The number of nitrogens with zero attached hydrogens (tertiary/aromatic N) is 1. The van der Waals surface area contributed by atoms with Crippen molar-refractivity contribution in [1.82, 2.24) is 10.7 Å². The number of amides is 1. The highest BCUT2D eigenvalue weighted by atomic mass is 16.5. The molecule has 0 aromatic heterocycles. The topological polar surface area (TPSA) is 115 Å². The average Bonchev–Trinajstić information content (AvgIpc) is 3.00. The molecule has 1 rings (SSSR count). The fraction of sp³-hybridized carbons (Fsp3) is 0.824. The first-order chi connectivity index (χ1) is 11.8. The van der Waals surface area contributed by atoms with Crippen LogP contribution in [0.3, 0.4) is 0 Å². The predicted octanol–water partition coefficient (Wildman–Crippen LogP) is 0.756. The van der Waals surface area contributed by atoms with Crippen molar-refractivity contribution >= 4 is 18.2 Å². The Kier molecular flexibility index (Phi) is 8.31. The van der Waals surface area contributed by atoms with Gasteiger partial charge in [0.25, 0.3) is 0 Å². The van der Waals surface area contributed by atoms with Crippen molar-refractivity contribution in [3.05, 3.63) is 0 Å². The van der Waals surface area contributed by atoms with Crippen molar-refractivity contribution in [1.29, 1.82) is 0 Å². The number of hydrogen-bond acceptors (Lipinski definition) is 6. The van der Waals surface area contributed by atoms with Crippen LogP contribution in [-0.4, -0.2) is 50.1 Å². The Balaban J connectivity index is 3.19. The molecule has 1 saturated carbocycles. The molecule has 0 aliphatic heterocycles. The zero-order valence-electron chi connectivity index (χ0n) is 15.9. The van der Waals surface area contributed by atoms with Crippen LogP contribution in [0.25, 0.3) is 0 Å².